The molecule has 1 heterocycles. The number of nitrogens with one attached hydrogen (secondary N) is 1. The number of pyridine rings is 1. The van der Waals surface area contributed by atoms with Gasteiger partial charge in [-0.05, 0) is 51.2 Å². The van der Waals surface area contributed by atoms with Crippen molar-refractivity contribution in [1.82, 2.24) is 4.98 Å². The number of hydrogen-bond acceptors (Lipinski definition) is 3. The van der Waals surface area contributed by atoms with Gasteiger partial charge in [0.2, 0.25) is 5.91 Å². The van der Waals surface area contributed by atoms with E-state index in [0.717, 1.165) is 44.2 Å². The highest BCUT2D eigenvalue weighted by molar-refractivity contribution is 5.95. The van der Waals surface area contributed by atoms with Gasteiger partial charge in [0.1, 0.15) is 5.82 Å². The summed E-state index contributed by atoms with van der Waals surface area (Å²) in [7, 11) is 0. The lowest BCUT2D eigenvalue weighted by molar-refractivity contribution is -0.126. The molecule has 0 unspecified atom stereocenters. The van der Waals surface area contributed by atoms with Crippen molar-refractivity contribution in [2.45, 2.75) is 51.0 Å². The summed E-state index contributed by atoms with van der Waals surface area (Å²) >= 11 is 0. The molecule has 2 atom stereocenters. The molecule has 1 aromatic rings. The van der Waals surface area contributed by atoms with Crippen LogP contribution in [0, 0.1) is 12.3 Å². The maximum Gasteiger partial charge on any atom is 0.231 e. The quantitative estimate of drug-likeness (QED) is 0.856. The molecule has 3 N–H and O–H groups in total. The first-order chi connectivity index (χ1) is 9.01. The van der Waals surface area contributed by atoms with Crippen LogP contribution in [0.4, 0.5) is 5.82 Å². The highest BCUT2D eigenvalue weighted by Crippen LogP contribution is 2.52. The molecular weight excluding hydrogens is 238 g/mol. The molecule has 0 spiro atoms. The highest BCUT2D eigenvalue weighted by atomic mass is 16.2. The third-order valence-corrected chi connectivity index (χ3v) is 4.73. The van der Waals surface area contributed by atoms with E-state index in [1.165, 1.54) is 0 Å². The van der Waals surface area contributed by atoms with Crippen molar-refractivity contribution in [3.63, 3.8) is 0 Å². The molecular formula is C15H21N3O. The van der Waals surface area contributed by atoms with E-state index < -0.39 is 0 Å². The standard InChI is InChI=1S/C15H21N3O/c1-11-4-2-5-12(17-11)18-13(19)14-6-3-7-15(16,10-14)9-8-14/h2,4-5H,3,6-10,16H2,1H3,(H,17,18,19)/t14-,15+/m0/s1. The number of rotatable bonds is 2. The van der Waals surface area contributed by atoms with E-state index in [0.29, 0.717) is 5.82 Å². The Morgan fingerprint density at radius 1 is 1.32 bits per heavy atom. The first kappa shape index (κ1) is 12.6. The lowest BCUT2D eigenvalue weighted by atomic mass is 9.72. The van der Waals surface area contributed by atoms with Gasteiger partial charge in [-0.25, -0.2) is 4.98 Å². The van der Waals surface area contributed by atoms with Crippen molar-refractivity contribution >= 4 is 11.7 Å². The van der Waals surface area contributed by atoms with Crippen molar-refractivity contribution in [2.24, 2.45) is 11.1 Å². The minimum atomic E-state index is -0.252. The van der Waals surface area contributed by atoms with Gasteiger partial charge in [0, 0.05) is 11.2 Å². The first-order valence-corrected chi connectivity index (χ1v) is 7.06. The number of carbonyl (C=O) groups is 1. The topological polar surface area (TPSA) is 68.0 Å². The largest absolute Gasteiger partial charge is 0.325 e. The number of aromatic nitrogens is 1. The van der Waals surface area contributed by atoms with E-state index in [1.54, 1.807) is 0 Å². The molecule has 0 aliphatic heterocycles. The molecule has 0 radical (unpaired) electrons. The zero-order valence-electron chi connectivity index (χ0n) is 11.4. The first-order valence-electron chi connectivity index (χ1n) is 7.06. The van der Waals surface area contributed by atoms with Crippen molar-refractivity contribution in [1.29, 1.82) is 0 Å². The fraction of sp³-hybridized carbons (Fsp3) is 0.600. The van der Waals surface area contributed by atoms with Gasteiger partial charge >= 0.3 is 0 Å². The van der Waals surface area contributed by atoms with Crippen LogP contribution in [0.5, 0.6) is 0 Å². The Labute approximate surface area is 113 Å². The molecule has 2 aliphatic carbocycles. The second-order valence-corrected chi connectivity index (χ2v) is 6.29. The zero-order chi connectivity index (χ0) is 13.5. The summed E-state index contributed by atoms with van der Waals surface area (Å²) in [6.45, 7) is 1.93. The third-order valence-electron chi connectivity index (χ3n) is 4.73. The van der Waals surface area contributed by atoms with Gasteiger partial charge in [-0.1, -0.05) is 12.5 Å². The summed E-state index contributed by atoms with van der Waals surface area (Å²) in [5.41, 5.74) is 6.91. The zero-order valence-corrected chi connectivity index (χ0v) is 11.4. The van der Waals surface area contributed by atoms with Crippen molar-refractivity contribution in [3.05, 3.63) is 23.9 Å². The molecule has 19 heavy (non-hydrogen) atoms. The van der Waals surface area contributed by atoms with Crippen LogP contribution in [0.3, 0.4) is 0 Å². The van der Waals surface area contributed by atoms with Crippen molar-refractivity contribution in [3.8, 4) is 0 Å². The maximum absolute atomic E-state index is 12.6. The number of fused-ring (bicyclic) bond motifs is 2. The Morgan fingerprint density at radius 2 is 2.16 bits per heavy atom. The molecule has 4 nitrogen and oxygen atoms in total. The molecule has 2 aliphatic rings. The molecule has 2 saturated carbocycles. The molecule has 3 rings (SSSR count). The smallest absolute Gasteiger partial charge is 0.231 e. The van der Waals surface area contributed by atoms with Gasteiger partial charge in [-0.2, -0.15) is 0 Å². The number of nitrogens with zero attached hydrogens (tertiary/aromatic N) is 1. The molecule has 2 bridgehead atoms. The van der Waals surface area contributed by atoms with E-state index in [2.05, 4.69) is 10.3 Å². The number of anilines is 1. The van der Waals surface area contributed by atoms with E-state index in [9.17, 15) is 4.79 Å². The van der Waals surface area contributed by atoms with Crippen LogP contribution in [0.25, 0.3) is 0 Å². The predicted octanol–water partition coefficient (Wildman–Crippen LogP) is 2.38. The van der Waals surface area contributed by atoms with E-state index in [-0.39, 0.29) is 16.9 Å². The Kier molecular flexibility index (Phi) is 2.86. The molecule has 0 aromatic carbocycles. The summed E-state index contributed by atoms with van der Waals surface area (Å²) in [4.78, 5) is 16.9. The van der Waals surface area contributed by atoms with Crippen LogP contribution in [-0.2, 0) is 4.79 Å². The monoisotopic (exact) mass is 259 g/mol. The van der Waals surface area contributed by atoms with Crippen LogP contribution >= 0.6 is 0 Å². The summed E-state index contributed by atoms with van der Waals surface area (Å²) in [5, 5.41) is 2.98. The Hall–Kier alpha value is -1.42. The lowest BCUT2D eigenvalue weighted by Crippen LogP contribution is -2.45. The minimum absolute atomic E-state index is 0.102. The molecule has 2 fully saturated rings. The second kappa shape index (κ2) is 4.30. The van der Waals surface area contributed by atoms with E-state index in [1.807, 2.05) is 25.1 Å². The van der Waals surface area contributed by atoms with Crippen LogP contribution in [0.1, 0.15) is 44.2 Å². The van der Waals surface area contributed by atoms with E-state index in [4.69, 9.17) is 5.73 Å². The fourth-order valence-electron chi connectivity index (χ4n) is 3.71. The number of carbonyl (C=O) groups excluding carboxylic acids is 1. The van der Waals surface area contributed by atoms with Gasteiger partial charge in [-0.3, -0.25) is 4.79 Å². The van der Waals surface area contributed by atoms with Gasteiger partial charge in [0.05, 0.1) is 5.41 Å². The van der Waals surface area contributed by atoms with Crippen LogP contribution < -0.4 is 11.1 Å². The Bertz CT molecular complexity index is 516. The fourth-order valence-corrected chi connectivity index (χ4v) is 3.71. The number of aryl methyl sites for hydroxylation is 1. The molecule has 102 valence electrons. The normalized spacial score (nSPS) is 33.2. The number of nitrogens with two attached hydrogens (primary N) is 1. The van der Waals surface area contributed by atoms with Crippen LogP contribution in [-0.4, -0.2) is 16.4 Å². The SMILES string of the molecule is Cc1cccc(NC(=O)[C@@]23CCC[C@@](N)(CC2)C3)n1. The molecule has 1 amide bonds. The Morgan fingerprint density at radius 3 is 2.95 bits per heavy atom. The van der Waals surface area contributed by atoms with Gasteiger partial charge < -0.3 is 11.1 Å². The summed E-state index contributed by atoms with van der Waals surface area (Å²) in [6, 6.07) is 5.68. The number of hydrogen-bond donors (Lipinski definition) is 2. The van der Waals surface area contributed by atoms with Crippen LogP contribution in [0.2, 0.25) is 0 Å². The van der Waals surface area contributed by atoms with Gasteiger partial charge in [0.15, 0.2) is 0 Å². The van der Waals surface area contributed by atoms with Crippen LogP contribution in [0.15, 0.2) is 18.2 Å². The van der Waals surface area contributed by atoms with Gasteiger partial charge in [0.25, 0.3) is 0 Å². The third kappa shape index (κ3) is 2.25. The van der Waals surface area contributed by atoms with Crippen molar-refractivity contribution < 1.29 is 4.79 Å². The minimum Gasteiger partial charge on any atom is -0.325 e. The van der Waals surface area contributed by atoms with E-state index >= 15 is 0 Å². The lowest BCUT2D eigenvalue weighted by Gasteiger charge is -2.36. The average molecular weight is 259 g/mol. The molecule has 4 heteroatoms. The summed E-state index contributed by atoms with van der Waals surface area (Å²) < 4.78 is 0. The average Bonchev–Trinajstić information content (AvgIpc) is 2.61. The molecule has 1 aromatic heterocycles. The number of amides is 1. The Balaban J connectivity index is 1.77. The highest BCUT2D eigenvalue weighted by Gasteiger charge is 2.53. The maximum atomic E-state index is 12.6. The predicted molar refractivity (Wildman–Crippen MR) is 74.7 cm³/mol. The molecule has 0 saturated heterocycles. The second-order valence-electron chi connectivity index (χ2n) is 6.29. The van der Waals surface area contributed by atoms with Crippen molar-refractivity contribution in [2.75, 3.05) is 5.32 Å². The van der Waals surface area contributed by atoms with Gasteiger partial charge in [-0.15, -0.1) is 0 Å². The summed E-state index contributed by atoms with van der Waals surface area (Å²) in [6.07, 6.45) is 5.81. The summed E-state index contributed by atoms with van der Waals surface area (Å²) in [5.74, 6) is 0.761.